The van der Waals surface area contributed by atoms with Gasteiger partial charge >= 0.3 is 0 Å². The molecular formula is C32H29Cl2FN4O3. The maximum atomic E-state index is 16.0. The summed E-state index contributed by atoms with van der Waals surface area (Å²) in [5.74, 6) is -2.40. The summed E-state index contributed by atoms with van der Waals surface area (Å²) in [6, 6.07) is 16.7. The van der Waals surface area contributed by atoms with E-state index in [-0.39, 0.29) is 34.3 Å². The number of amides is 3. The Morgan fingerprint density at radius 2 is 1.81 bits per heavy atom. The van der Waals surface area contributed by atoms with Gasteiger partial charge in [-0.3, -0.25) is 19.3 Å². The summed E-state index contributed by atoms with van der Waals surface area (Å²) >= 11 is 12.6. The molecule has 0 unspecified atom stereocenters. The average molecular weight is 608 g/mol. The van der Waals surface area contributed by atoms with Crippen molar-refractivity contribution >= 4 is 52.3 Å². The van der Waals surface area contributed by atoms with Gasteiger partial charge in [0.15, 0.2) is 0 Å². The minimum absolute atomic E-state index is 0.0574. The summed E-state index contributed by atoms with van der Waals surface area (Å²) in [7, 11) is 3.37. The molecular weight excluding hydrogens is 578 g/mol. The number of halogens is 3. The highest BCUT2D eigenvalue weighted by molar-refractivity contribution is 6.31. The molecule has 7 rings (SSSR count). The Labute approximate surface area is 253 Å². The summed E-state index contributed by atoms with van der Waals surface area (Å²) in [6.07, 6.45) is 2.07. The number of fused-ring (bicyclic) bond motifs is 3. The average Bonchev–Trinajstić information content (AvgIpc) is 3.59. The molecule has 7 nitrogen and oxygen atoms in total. The van der Waals surface area contributed by atoms with Crippen molar-refractivity contribution in [2.24, 2.45) is 11.8 Å². The number of anilines is 2. The van der Waals surface area contributed by atoms with Crippen LogP contribution in [0.5, 0.6) is 0 Å². The second-order valence-electron chi connectivity index (χ2n) is 11.9. The Hall–Kier alpha value is -3.46. The molecule has 42 heavy (non-hydrogen) atoms. The molecule has 1 spiro atoms. The van der Waals surface area contributed by atoms with Gasteiger partial charge in [-0.2, -0.15) is 0 Å². The van der Waals surface area contributed by atoms with Gasteiger partial charge in [0.25, 0.3) is 5.91 Å². The van der Waals surface area contributed by atoms with Gasteiger partial charge in [0.2, 0.25) is 11.8 Å². The number of nitrogens with one attached hydrogen (secondary N) is 1. The molecule has 0 aromatic heterocycles. The van der Waals surface area contributed by atoms with Crippen LogP contribution < -0.4 is 10.2 Å². The van der Waals surface area contributed by atoms with Gasteiger partial charge in [0.05, 0.1) is 10.9 Å². The highest BCUT2D eigenvalue weighted by atomic mass is 35.5. The first-order valence-corrected chi connectivity index (χ1v) is 14.8. The van der Waals surface area contributed by atoms with Gasteiger partial charge in [-0.15, -0.1) is 0 Å². The van der Waals surface area contributed by atoms with Crippen LogP contribution >= 0.6 is 23.2 Å². The summed E-state index contributed by atoms with van der Waals surface area (Å²) in [5.41, 5.74) is 1.37. The number of carbonyl (C=O) groups excluding carboxylic acids is 3. The molecule has 2 saturated heterocycles. The standard InChI is InChI=1S/C32H29Cl2FN4O3/c1-37(2)29(40)18-8-11-20(12-9-18)38-16-25-26(30(38)41)27(21-4-3-5-23(34)28(21)35)32(39(25)15-17-6-7-17)22-13-10-19(33)14-24(22)36-31(32)42/h3-5,8-14,17,25-27H,6-7,15-16H2,1-2H3,(H,36,42)/t25-,26+,27-,32+/m0/s1. The molecule has 216 valence electrons. The summed E-state index contributed by atoms with van der Waals surface area (Å²) in [4.78, 5) is 46.6. The van der Waals surface area contributed by atoms with Crippen molar-refractivity contribution in [3.8, 4) is 0 Å². The van der Waals surface area contributed by atoms with Crippen LogP contribution in [0.1, 0.15) is 40.2 Å². The third-order valence-corrected chi connectivity index (χ3v) is 9.81. The van der Waals surface area contributed by atoms with Crippen molar-refractivity contribution in [3.05, 3.63) is 93.2 Å². The van der Waals surface area contributed by atoms with E-state index in [9.17, 15) is 14.4 Å². The first-order valence-electron chi connectivity index (χ1n) is 14.1. The maximum Gasteiger partial charge on any atom is 0.253 e. The van der Waals surface area contributed by atoms with Crippen LogP contribution in [0.4, 0.5) is 15.8 Å². The van der Waals surface area contributed by atoms with Gasteiger partial charge in [0.1, 0.15) is 11.4 Å². The predicted molar refractivity (Wildman–Crippen MR) is 159 cm³/mol. The SMILES string of the molecule is CN(C)C(=O)c1ccc(N2C[C@H]3[C@@H](C2=O)[C@H](c2cccc(Cl)c2F)[C@]2(C(=O)Nc4cc(Cl)ccc42)N3CC2CC2)cc1. The first-order chi connectivity index (χ1) is 20.1. The third kappa shape index (κ3) is 3.92. The van der Waals surface area contributed by atoms with E-state index in [4.69, 9.17) is 23.2 Å². The van der Waals surface area contributed by atoms with Crippen LogP contribution in [0.3, 0.4) is 0 Å². The fourth-order valence-electron chi connectivity index (χ4n) is 7.29. The molecule has 3 aromatic rings. The molecule has 3 heterocycles. The highest BCUT2D eigenvalue weighted by Gasteiger charge is 2.71. The van der Waals surface area contributed by atoms with E-state index >= 15 is 4.39 Å². The molecule has 0 radical (unpaired) electrons. The molecule has 3 amide bonds. The third-order valence-electron chi connectivity index (χ3n) is 9.28. The Kier molecular flexibility index (Phi) is 6.38. The lowest BCUT2D eigenvalue weighted by Crippen LogP contribution is -2.54. The van der Waals surface area contributed by atoms with E-state index in [1.165, 1.54) is 11.0 Å². The topological polar surface area (TPSA) is 73.0 Å². The van der Waals surface area contributed by atoms with Crippen molar-refractivity contribution in [1.29, 1.82) is 0 Å². The van der Waals surface area contributed by atoms with Crippen LogP contribution in [0.15, 0.2) is 60.7 Å². The largest absolute Gasteiger partial charge is 0.345 e. The molecule has 3 aliphatic heterocycles. The minimum atomic E-state index is -1.31. The summed E-state index contributed by atoms with van der Waals surface area (Å²) < 4.78 is 16.0. The van der Waals surface area contributed by atoms with Crippen molar-refractivity contribution < 1.29 is 18.8 Å². The number of benzene rings is 3. The quantitative estimate of drug-likeness (QED) is 0.415. The zero-order valence-corrected chi connectivity index (χ0v) is 24.6. The predicted octanol–water partition coefficient (Wildman–Crippen LogP) is 5.52. The maximum absolute atomic E-state index is 16.0. The second-order valence-corrected chi connectivity index (χ2v) is 12.8. The zero-order chi connectivity index (χ0) is 29.5. The molecule has 1 saturated carbocycles. The van der Waals surface area contributed by atoms with E-state index in [0.717, 1.165) is 12.8 Å². The lowest BCUT2D eigenvalue weighted by Gasteiger charge is -2.41. The zero-order valence-electron chi connectivity index (χ0n) is 23.1. The molecule has 4 atom stereocenters. The minimum Gasteiger partial charge on any atom is -0.345 e. The molecule has 4 aliphatic rings. The highest BCUT2D eigenvalue weighted by Crippen LogP contribution is 2.62. The van der Waals surface area contributed by atoms with Crippen LogP contribution in [0, 0.1) is 17.7 Å². The van der Waals surface area contributed by atoms with Crippen molar-refractivity contribution in [3.63, 3.8) is 0 Å². The number of nitrogens with zero attached hydrogens (tertiary/aromatic N) is 3. The Bertz CT molecular complexity index is 1640. The number of hydrogen-bond acceptors (Lipinski definition) is 4. The number of rotatable bonds is 5. The van der Waals surface area contributed by atoms with Crippen molar-refractivity contribution in [2.75, 3.05) is 37.4 Å². The summed E-state index contributed by atoms with van der Waals surface area (Å²) in [6.45, 7) is 0.931. The fraction of sp³-hybridized carbons (Fsp3) is 0.344. The Balaban J connectivity index is 1.39. The van der Waals surface area contributed by atoms with Gasteiger partial charge in [-0.05, 0) is 66.8 Å². The monoisotopic (exact) mass is 606 g/mol. The molecule has 3 fully saturated rings. The number of likely N-dealkylation sites (tertiary alicyclic amines) is 1. The summed E-state index contributed by atoms with van der Waals surface area (Å²) in [5, 5.41) is 3.44. The Morgan fingerprint density at radius 3 is 2.50 bits per heavy atom. The molecule has 1 aliphatic carbocycles. The van der Waals surface area contributed by atoms with E-state index in [0.29, 0.717) is 46.5 Å². The molecule has 3 aromatic carbocycles. The van der Waals surface area contributed by atoms with Crippen LogP contribution in [0.25, 0.3) is 0 Å². The second kappa shape index (κ2) is 9.79. The van der Waals surface area contributed by atoms with Gasteiger partial charge in [-0.1, -0.05) is 41.4 Å². The normalized spacial score (nSPS) is 26.5. The molecule has 10 heteroatoms. The van der Waals surface area contributed by atoms with Crippen molar-refractivity contribution in [2.45, 2.75) is 30.3 Å². The molecule has 0 bridgehead atoms. The Morgan fingerprint density at radius 1 is 1.07 bits per heavy atom. The number of hydrogen-bond donors (Lipinski definition) is 1. The van der Waals surface area contributed by atoms with E-state index < -0.39 is 23.2 Å². The fourth-order valence-corrected chi connectivity index (χ4v) is 7.64. The van der Waals surface area contributed by atoms with Crippen LogP contribution in [0.2, 0.25) is 10.0 Å². The smallest absolute Gasteiger partial charge is 0.253 e. The van der Waals surface area contributed by atoms with Gasteiger partial charge in [0, 0.05) is 66.7 Å². The van der Waals surface area contributed by atoms with Gasteiger partial charge < -0.3 is 15.1 Å². The van der Waals surface area contributed by atoms with Crippen LogP contribution in [-0.2, 0) is 15.1 Å². The van der Waals surface area contributed by atoms with E-state index in [1.54, 1.807) is 67.5 Å². The van der Waals surface area contributed by atoms with E-state index in [2.05, 4.69) is 10.2 Å². The van der Waals surface area contributed by atoms with Gasteiger partial charge in [-0.25, -0.2) is 4.39 Å². The van der Waals surface area contributed by atoms with Crippen molar-refractivity contribution in [1.82, 2.24) is 9.80 Å². The number of carbonyl (C=O) groups is 3. The van der Waals surface area contributed by atoms with E-state index in [1.807, 2.05) is 6.07 Å². The molecule has 1 N–H and O–H groups in total. The lowest BCUT2D eigenvalue weighted by molar-refractivity contribution is -0.128. The lowest BCUT2D eigenvalue weighted by atomic mass is 9.71. The van der Waals surface area contributed by atoms with Crippen LogP contribution in [-0.4, -0.2) is 60.7 Å². The first kappa shape index (κ1) is 27.4.